The zero-order valence-corrected chi connectivity index (χ0v) is 21.3. The lowest BCUT2D eigenvalue weighted by molar-refractivity contribution is 0.0512. The first-order chi connectivity index (χ1) is 15.5. The summed E-state index contributed by atoms with van der Waals surface area (Å²) in [6.07, 6.45) is 0. The summed E-state index contributed by atoms with van der Waals surface area (Å²) < 4.78 is 40.1. The van der Waals surface area contributed by atoms with Gasteiger partial charge in [0, 0.05) is 31.5 Å². The second-order valence-electron chi connectivity index (χ2n) is 7.86. The minimum atomic E-state index is -3.97. The first-order valence-corrected chi connectivity index (χ1v) is 12.4. The molecule has 0 aliphatic heterocycles. The van der Waals surface area contributed by atoms with Crippen LogP contribution in [-0.2, 0) is 26.0 Å². The lowest BCUT2D eigenvalue weighted by Gasteiger charge is -2.27. The van der Waals surface area contributed by atoms with Gasteiger partial charge < -0.3 is 14.0 Å². The molecule has 9 heteroatoms. The van der Waals surface area contributed by atoms with Gasteiger partial charge in [0.05, 0.1) is 24.2 Å². The largest absolute Gasteiger partial charge is 0.461 e. The number of hydrogen-bond acceptors (Lipinski definition) is 6. The molecule has 1 aromatic heterocycles. The Balaban J connectivity index is 2.56. The SMILES string of the molecule is CCOC(=O)c1c(C)c(C(=O)[C@@H](C)N(CCOC)S(=O)(=O)c2ccc(C)cc2)c(C)n1CC. The van der Waals surface area contributed by atoms with Crippen molar-refractivity contribution in [2.75, 3.05) is 26.9 Å². The number of carbonyl (C=O) groups excluding carboxylic acids is 2. The van der Waals surface area contributed by atoms with Crippen LogP contribution < -0.4 is 0 Å². The molecule has 0 saturated carbocycles. The van der Waals surface area contributed by atoms with Gasteiger partial charge >= 0.3 is 5.97 Å². The molecule has 1 heterocycles. The Morgan fingerprint density at radius 3 is 2.21 bits per heavy atom. The molecule has 182 valence electrons. The average Bonchev–Trinajstić information content (AvgIpc) is 3.02. The molecule has 0 N–H and O–H groups in total. The number of carbonyl (C=O) groups is 2. The number of ketones is 1. The fourth-order valence-electron chi connectivity index (χ4n) is 4.00. The van der Waals surface area contributed by atoms with Gasteiger partial charge in [0.1, 0.15) is 5.69 Å². The van der Waals surface area contributed by atoms with E-state index in [0.29, 0.717) is 29.1 Å². The summed E-state index contributed by atoms with van der Waals surface area (Å²) in [6, 6.07) is 5.49. The molecule has 1 aromatic carbocycles. The van der Waals surface area contributed by atoms with E-state index in [9.17, 15) is 18.0 Å². The molecule has 0 aliphatic carbocycles. The van der Waals surface area contributed by atoms with Crippen molar-refractivity contribution >= 4 is 21.8 Å². The maximum atomic E-state index is 13.7. The Kier molecular flexibility index (Phi) is 8.99. The highest BCUT2D eigenvalue weighted by atomic mass is 32.2. The maximum absolute atomic E-state index is 13.7. The normalized spacial score (nSPS) is 12.7. The Hall–Kier alpha value is -2.49. The van der Waals surface area contributed by atoms with Crippen LogP contribution in [0.1, 0.15) is 58.4 Å². The van der Waals surface area contributed by atoms with Gasteiger partial charge in [-0.25, -0.2) is 13.2 Å². The van der Waals surface area contributed by atoms with E-state index < -0.39 is 22.0 Å². The number of benzene rings is 1. The van der Waals surface area contributed by atoms with Crippen molar-refractivity contribution in [2.45, 2.75) is 59.0 Å². The third kappa shape index (κ3) is 5.37. The zero-order chi connectivity index (χ0) is 24.9. The van der Waals surface area contributed by atoms with Gasteiger partial charge in [0.2, 0.25) is 10.0 Å². The summed E-state index contributed by atoms with van der Waals surface area (Å²) in [7, 11) is -2.49. The smallest absolute Gasteiger partial charge is 0.355 e. The number of hydrogen-bond donors (Lipinski definition) is 0. The van der Waals surface area contributed by atoms with Crippen LogP contribution in [0.2, 0.25) is 0 Å². The summed E-state index contributed by atoms with van der Waals surface area (Å²) in [6.45, 7) is 11.3. The van der Waals surface area contributed by atoms with E-state index in [2.05, 4.69) is 0 Å². The highest BCUT2D eigenvalue weighted by Crippen LogP contribution is 2.27. The van der Waals surface area contributed by atoms with Crippen molar-refractivity contribution < 1.29 is 27.5 Å². The molecule has 33 heavy (non-hydrogen) atoms. The summed E-state index contributed by atoms with van der Waals surface area (Å²) >= 11 is 0. The fourth-order valence-corrected chi connectivity index (χ4v) is 5.58. The lowest BCUT2D eigenvalue weighted by Crippen LogP contribution is -2.45. The number of rotatable bonds is 11. The first kappa shape index (κ1) is 26.8. The number of methoxy groups -OCH3 is 1. The third-order valence-corrected chi connectivity index (χ3v) is 7.74. The van der Waals surface area contributed by atoms with Gasteiger partial charge in [0.25, 0.3) is 0 Å². The van der Waals surface area contributed by atoms with Crippen LogP contribution >= 0.6 is 0 Å². The summed E-state index contributed by atoms with van der Waals surface area (Å²) in [5.41, 5.74) is 2.68. The first-order valence-electron chi connectivity index (χ1n) is 11.0. The lowest BCUT2D eigenvalue weighted by atomic mass is 10.0. The van der Waals surface area contributed by atoms with Crippen LogP contribution in [0.4, 0.5) is 0 Å². The van der Waals surface area contributed by atoms with E-state index >= 15 is 0 Å². The second kappa shape index (κ2) is 11.1. The van der Waals surface area contributed by atoms with Crippen LogP contribution in [0.3, 0.4) is 0 Å². The number of aromatic nitrogens is 1. The van der Waals surface area contributed by atoms with Gasteiger partial charge in [0.15, 0.2) is 5.78 Å². The van der Waals surface area contributed by atoms with Gasteiger partial charge in [-0.05, 0) is 59.2 Å². The molecule has 0 bridgehead atoms. The van der Waals surface area contributed by atoms with Crippen molar-refractivity contribution in [3.05, 3.63) is 52.3 Å². The molecule has 1 atom stereocenters. The minimum Gasteiger partial charge on any atom is -0.461 e. The van der Waals surface area contributed by atoms with E-state index in [1.54, 1.807) is 44.4 Å². The number of Topliss-reactive ketones (excluding diaryl/α,β-unsaturated/α-hetero) is 1. The molecule has 0 radical (unpaired) electrons. The molecule has 0 saturated heterocycles. The van der Waals surface area contributed by atoms with Gasteiger partial charge in [-0.3, -0.25) is 4.79 Å². The fraction of sp³-hybridized carbons (Fsp3) is 0.500. The molecule has 8 nitrogen and oxygen atoms in total. The zero-order valence-electron chi connectivity index (χ0n) is 20.5. The molecule has 0 fully saturated rings. The van der Waals surface area contributed by atoms with Crippen molar-refractivity contribution in [3.63, 3.8) is 0 Å². The molecular weight excluding hydrogens is 444 g/mol. The maximum Gasteiger partial charge on any atom is 0.355 e. The van der Waals surface area contributed by atoms with E-state index in [4.69, 9.17) is 9.47 Å². The number of nitrogens with zero attached hydrogens (tertiary/aromatic N) is 2. The molecule has 2 aromatic rings. The van der Waals surface area contributed by atoms with E-state index in [-0.39, 0.29) is 30.4 Å². The quantitative estimate of drug-likeness (QED) is 0.362. The van der Waals surface area contributed by atoms with Crippen LogP contribution in [0, 0.1) is 20.8 Å². The predicted octanol–water partition coefficient (Wildman–Crippen LogP) is 3.52. The van der Waals surface area contributed by atoms with E-state index in [1.807, 2.05) is 13.8 Å². The minimum absolute atomic E-state index is 0.0108. The average molecular weight is 479 g/mol. The highest BCUT2D eigenvalue weighted by Gasteiger charge is 2.36. The summed E-state index contributed by atoms with van der Waals surface area (Å²) in [5, 5.41) is 0. The molecular formula is C24H34N2O6S. The standard InChI is InChI=1S/C24H34N2O6S/c1-8-25-18(5)21(17(4)22(25)24(28)32-9-2)23(27)19(6)26(14-15-31-7)33(29,30)20-12-10-16(3)11-13-20/h10-13,19H,8-9,14-15H2,1-7H3/t19-/m1/s1. The van der Waals surface area contributed by atoms with E-state index in [0.717, 1.165) is 9.87 Å². The Labute approximate surface area is 196 Å². The Morgan fingerprint density at radius 2 is 1.70 bits per heavy atom. The predicted molar refractivity (Wildman–Crippen MR) is 126 cm³/mol. The van der Waals surface area contributed by atoms with Gasteiger partial charge in [-0.15, -0.1) is 0 Å². The van der Waals surface area contributed by atoms with Gasteiger partial charge in [-0.2, -0.15) is 4.31 Å². The Morgan fingerprint density at radius 1 is 1.09 bits per heavy atom. The number of ether oxygens (including phenoxy) is 2. The number of esters is 1. The molecule has 2 rings (SSSR count). The highest BCUT2D eigenvalue weighted by molar-refractivity contribution is 7.89. The van der Waals surface area contributed by atoms with Gasteiger partial charge in [-0.1, -0.05) is 17.7 Å². The molecule has 0 unspecified atom stereocenters. The van der Waals surface area contributed by atoms with Crippen LogP contribution in [-0.4, -0.2) is 62.0 Å². The topological polar surface area (TPSA) is 94.9 Å². The monoisotopic (exact) mass is 478 g/mol. The van der Waals surface area contributed by atoms with Crippen molar-refractivity contribution in [1.82, 2.24) is 8.87 Å². The van der Waals surface area contributed by atoms with Crippen molar-refractivity contribution in [2.24, 2.45) is 0 Å². The number of sulfonamides is 1. The third-order valence-electron chi connectivity index (χ3n) is 5.75. The van der Waals surface area contributed by atoms with Crippen molar-refractivity contribution in [1.29, 1.82) is 0 Å². The van der Waals surface area contributed by atoms with Crippen molar-refractivity contribution in [3.8, 4) is 0 Å². The summed E-state index contributed by atoms with van der Waals surface area (Å²) in [5.74, 6) is -0.885. The molecule has 0 amide bonds. The Bertz CT molecular complexity index is 1100. The summed E-state index contributed by atoms with van der Waals surface area (Å²) in [4.78, 5) is 26.4. The number of aryl methyl sites for hydroxylation is 1. The second-order valence-corrected chi connectivity index (χ2v) is 9.75. The molecule has 0 spiro atoms. The van der Waals surface area contributed by atoms with Crippen LogP contribution in [0.25, 0.3) is 0 Å². The van der Waals surface area contributed by atoms with E-state index in [1.165, 1.54) is 19.2 Å². The van der Waals surface area contributed by atoms with Crippen LogP contribution in [0.5, 0.6) is 0 Å². The molecule has 0 aliphatic rings. The van der Waals surface area contributed by atoms with Crippen LogP contribution in [0.15, 0.2) is 29.2 Å².